The number of thiophene rings is 1. The summed E-state index contributed by atoms with van der Waals surface area (Å²) >= 11 is 7.34. The quantitative estimate of drug-likeness (QED) is 0.669. The predicted octanol–water partition coefficient (Wildman–Crippen LogP) is 2.51. The van der Waals surface area contributed by atoms with Gasteiger partial charge in [-0.2, -0.15) is 0 Å². The molecule has 0 fully saturated rings. The first-order valence-corrected chi connectivity index (χ1v) is 6.03. The van der Waals surface area contributed by atoms with Crippen LogP contribution in [0.4, 0.5) is 0 Å². The Balaban J connectivity index is 2.24. The zero-order valence-corrected chi connectivity index (χ0v) is 10.4. The molecule has 3 rings (SSSR count). The maximum Gasteiger partial charge on any atom is 0.183 e. The lowest BCUT2D eigenvalue weighted by atomic mass is 10.4. The fourth-order valence-corrected chi connectivity index (χ4v) is 2.53. The van der Waals surface area contributed by atoms with Gasteiger partial charge in [0.2, 0.25) is 0 Å². The number of fused-ring (bicyclic) bond motifs is 1. The molecule has 0 saturated heterocycles. The normalized spacial score (nSPS) is 10.9. The van der Waals surface area contributed by atoms with E-state index in [0.29, 0.717) is 16.6 Å². The summed E-state index contributed by atoms with van der Waals surface area (Å²) in [4.78, 5) is 4.94. The van der Waals surface area contributed by atoms with Crippen LogP contribution in [0.25, 0.3) is 16.3 Å². The average Bonchev–Trinajstić information content (AvgIpc) is 2.92. The number of halogens is 1. The van der Waals surface area contributed by atoms with Crippen LogP contribution in [-0.2, 0) is 0 Å². The molecule has 0 aliphatic carbocycles. The number of hydrogen-bond acceptors (Lipinski definition) is 5. The molecule has 17 heavy (non-hydrogen) atoms. The van der Waals surface area contributed by atoms with Gasteiger partial charge in [0.05, 0.1) is 7.11 Å². The summed E-state index contributed by atoms with van der Waals surface area (Å²) in [5, 5.41) is 10.5. The predicted molar refractivity (Wildman–Crippen MR) is 65.7 cm³/mol. The minimum Gasteiger partial charge on any atom is -0.495 e. The second kappa shape index (κ2) is 3.97. The van der Waals surface area contributed by atoms with Gasteiger partial charge in [0, 0.05) is 6.07 Å². The molecule has 0 aliphatic rings. The van der Waals surface area contributed by atoms with Crippen molar-refractivity contribution in [3.8, 4) is 16.5 Å². The average molecular weight is 267 g/mol. The molecule has 0 amide bonds. The van der Waals surface area contributed by atoms with Crippen molar-refractivity contribution in [3.05, 3.63) is 29.0 Å². The summed E-state index contributed by atoms with van der Waals surface area (Å²) in [6, 6.07) is 3.56. The van der Waals surface area contributed by atoms with E-state index >= 15 is 0 Å². The van der Waals surface area contributed by atoms with Crippen LogP contribution >= 0.6 is 22.9 Å². The van der Waals surface area contributed by atoms with Crippen LogP contribution in [0.15, 0.2) is 23.8 Å². The first kappa shape index (κ1) is 10.5. The van der Waals surface area contributed by atoms with Gasteiger partial charge in [-0.25, -0.2) is 4.98 Å². The van der Waals surface area contributed by atoms with Crippen LogP contribution in [0.1, 0.15) is 0 Å². The fourth-order valence-electron chi connectivity index (χ4n) is 1.55. The molecule has 5 nitrogen and oxygen atoms in total. The molecule has 0 spiro atoms. The lowest BCUT2D eigenvalue weighted by molar-refractivity contribution is 0.418. The molecule has 0 N–H and O–H groups in total. The van der Waals surface area contributed by atoms with E-state index in [4.69, 9.17) is 16.3 Å². The van der Waals surface area contributed by atoms with Crippen molar-refractivity contribution in [2.75, 3.05) is 7.11 Å². The van der Waals surface area contributed by atoms with Crippen LogP contribution in [0.5, 0.6) is 5.75 Å². The van der Waals surface area contributed by atoms with Crippen molar-refractivity contribution in [3.63, 3.8) is 0 Å². The number of rotatable bonds is 2. The van der Waals surface area contributed by atoms with Crippen molar-refractivity contribution < 1.29 is 4.74 Å². The Bertz CT molecular complexity index is 678. The molecule has 0 aliphatic heterocycles. The second-order valence-electron chi connectivity index (χ2n) is 3.28. The molecule has 3 aromatic rings. The fraction of sp³-hybridized carbons (Fsp3) is 0.100. The Hall–Kier alpha value is -1.66. The molecule has 0 aromatic carbocycles. The Kier molecular flexibility index (Phi) is 2.45. The van der Waals surface area contributed by atoms with Gasteiger partial charge in [-0.15, -0.1) is 21.5 Å². The monoisotopic (exact) mass is 266 g/mol. The van der Waals surface area contributed by atoms with E-state index in [1.54, 1.807) is 35.2 Å². The Morgan fingerprint density at radius 3 is 3.12 bits per heavy atom. The number of methoxy groups -OCH3 is 1. The minimum atomic E-state index is 0.398. The van der Waals surface area contributed by atoms with E-state index in [9.17, 15) is 0 Å². The topological polar surface area (TPSA) is 52.3 Å². The standard InChI is InChI=1S/C10H7ClN4OS/c1-16-6-2-3-17-9(6)10-14-13-8-4-7(11)12-5-15(8)10/h2-5H,1H3. The van der Waals surface area contributed by atoms with E-state index in [1.165, 1.54) is 0 Å². The third-order valence-corrected chi connectivity index (χ3v) is 3.42. The minimum absolute atomic E-state index is 0.398. The summed E-state index contributed by atoms with van der Waals surface area (Å²) < 4.78 is 7.04. The summed E-state index contributed by atoms with van der Waals surface area (Å²) in [6.07, 6.45) is 1.60. The second-order valence-corrected chi connectivity index (χ2v) is 4.58. The zero-order valence-electron chi connectivity index (χ0n) is 8.79. The first-order valence-electron chi connectivity index (χ1n) is 4.77. The molecule has 3 aromatic heterocycles. The highest BCUT2D eigenvalue weighted by molar-refractivity contribution is 7.13. The Morgan fingerprint density at radius 2 is 2.29 bits per heavy atom. The van der Waals surface area contributed by atoms with Crippen LogP contribution < -0.4 is 4.74 Å². The number of ether oxygens (including phenoxy) is 1. The molecular formula is C10H7ClN4OS. The van der Waals surface area contributed by atoms with Crippen LogP contribution in [-0.4, -0.2) is 26.7 Å². The number of aromatic nitrogens is 4. The van der Waals surface area contributed by atoms with Gasteiger partial charge in [-0.05, 0) is 11.4 Å². The van der Waals surface area contributed by atoms with Gasteiger partial charge in [0.25, 0.3) is 0 Å². The van der Waals surface area contributed by atoms with E-state index in [2.05, 4.69) is 15.2 Å². The van der Waals surface area contributed by atoms with Gasteiger partial charge < -0.3 is 4.74 Å². The van der Waals surface area contributed by atoms with Crippen molar-refractivity contribution in [1.29, 1.82) is 0 Å². The van der Waals surface area contributed by atoms with E-state index in [1.807, 2.05) is 11.4 Å². The zero-order chi connectivity index (χ0) is 11.8. The largest absolute Gasteiger partial charge is 0.495 e. The molecule has 0 saturated carbocycles. The van der Waals surface area contributed by atoms with Gasteiger partial charge in [-0.3, -0.25) is 4.40 Å². The van der Waals surface area contributed by atoms with Crippen molar-refractivity contribution in [1.82, 2.24) is 19.6 Å². The summed E-state index contributed by atoms with van der Waals surface area (Å²) in [5.41, 5.74) is 0.662. The molecule has 0 radical (unpaired) electrons. The Labute approximate surface area is 106 Å². The molecular weight excluding hydrogens is 260 g/mol. The van der Waals surface area contributed by atoms with Crippen LogP contribution in [0.3, 0.4) is 0 Å². The first-order chi connectivity index (χ1) is 8.29. The molecule has 86 valence electrons. The molecule has 0 atom stereocenters. The van der Waals surface area contributed by atoms with Gasteiger partial charge in [-0.1, -0.05) is 11.6 Å². The van der Waals surface area contributed by atoms with Crippen LogP contribution in [0.2, 0.25) is 5.15 Å². The van der Waals surface area contributed by atoms with Gasteiger partial charge >= 0.3 is 0 Å². The molecule has 3 heterocycles. The highest BCUT2D eigenvalue weighted by Gasteiger charge is 2.14. The molecule has 0 bridgehead atoms. The third-order valence-electron chi connectivity index (χ3n) is 2.32. The smallest absolute Gasteiger partial charge is 0.183 e. The summed E-state index contributed by atoms with van der Waals surface area (Å²) in [7, 11) is 1.63. The maximum absolute atomic E-state index is 5.80. The van der Waals surface area contributed by atoms with Crippen molar-refractivity contribution in [2.45, 2.75) is 0 Å². The SMILES string of the molecule is COc1ccsc1-c1nnc2cc(Cl)ncn12. The van der Waals surface area contributed by atoms with E-state index in [0.717, 1.165) is 10.6 Å². The van der Waals surface area contributed by atoms with Crippen molar-refractivity contribution in [2.24, 2.45) is 0 Å². The maximum atomic E-state index is 5.80. The third kappa shape index (κ3) is 1.65. The Morgan fingerprint density at radius 1 is 1.41 bits per heavy atom. The molecule has 0 unspecified atom stereocenters. The van der Waals surface area contributed by atoms with Crippen LogP contribution in [0, 0.1) is 0 Å². The van der Waals surface area contributed by atoms with Gasteiger partial charge in [0.15, 0.2) is 11.5 Å². The summed E-state index contributed by atoms with van der Waals surface area (Å²) in [5.74, 6) is 1.48. The van der Waals surface area contributed by atoms with Gasteiger partial charge in [0.1, 0.15) is 22.1 Å². The lowest BCUT2D eigenvalue weighted by Crippen LogP contribution is -1.91. The molecule has 7 heteroatoms. The highest BCUT2D eigenvalue weighted by Crippen LogP contribution is 2.34. The summed E-state index contributed by atoms with van der Waals surface area (Å²) in [6.45, 7) is 0. The lowest BCUT2D eigenvalue weighted by Gasteiger charge is -2.00. The van der Waals surface area contributed by atoms with E-state index in [-0.39, 0.29) is 0 Å². The highest BCUT2D eigenvalue weighted by atomic mass is 35.5. The van der Waals surface area contributed by atoms with Crippen molar-refractivity contribution >= 4 is 28.6 Å². The number of nitrogens with zero attached hydrogens (tertiary/aromatic N) is 4. The van der Waals surface area contributed by atoms with E-state index < -0.39 is 0 Å². The number of hydrogen-bond donors (Lipinski definition) is 0.